The summed E-state index contributed by atoms with van der Waals surface area (Å²) in [6.45, 7) is 0. The van der Waals surface area contributed by atoms with Crippen molar-refractivity contribution in [2.24, 2.45) is 5.10 Å². The number of methoxy groups -OCH3 is 2. The van der Waals surface area contributed by atoms with Gasteiger partial charge in [-0.15, -0.1) is 0 Å². The molecule has 3 rings (SSSR count). The van der Waals surface area contributed by atoms with Gasteiger partial charge in [0.15, 0.2) is 11.5 Å². The summed E-state index contributed by atoms with van der Waals surface area (Å²) in [6.07, 6.45) is 1.46. The molecule has 0 aliphatic heterocycles. The molecule has 0 aliphatic rings. The highest BCUT2D eigenvalue weighted by Gasteiger charge is 2.12. The molecule has 0 saturated heterocycles. The largest absolute Gasteiger partial charge is 0.507 e. The quantitative estimate of drug-likeness (QED) is 0.546. The van der Waals surface area contributed by atoms with Crippen LogP contribution < -0.4 is 14.9 Å². The van der Waals surface area contributed by atoms with E-state index in [0.29, 0.717) is 17.1 Å². The number of aromatic hydroxyl groups is 1. The maximum Gasteiger partial charge on any atom is 0.275 e. The fourth-order valence-electron chi connectivity index (χ4n) is 2.64. The van der Waals surface area contributed by atoms with E-state index in [9.17, 15) is 9.90 Å². The van der Waals surface area contributed by atoms with E-state index in [1.807, 2.05) is 24.3 Å². The Balaban J connectivity index is 1.81. The number of ether oxygens (including phenoxy) is 2. The van der Waals surface area contributed by atoms with Gasteiger partial charge >= 0.3 is 0 Å². The van der Waals surface area contributed by atoms with Crippen LogP contribution in [-0.4, -0.2) is 31.4 Å². The lowest BCUT2D eigenvalue weighted by Gasteiger charge is -2.09. The van der Waals surface area contributed by atoms with Gasteiger partial charge in [0.1, 0.15) is 5.75 Å². The zero-order valence-electron chi connectivity index (χ0n) is 14.4. The van der Waals surface area contributed by atoms with Crippen molar-refractivity contribution in [3.05, 3.63) is 65.7 Å². The minimum Gasteiger partial charge on any atom is -0.507 e. The van der Waals surface area contributed by atoms with E-state index in [1.165, 1.54) is 13.3 Å². The average Bonchev–Trinajstić information content (AvgIpc) is 2.66. The highest BCUT2D eigenvalue weighted by molar-refractivity contribution is 6.01. The summed E-state index contributed by atoms with van der Waals surface area (Å²) in [5.74, 6) is 0.471. The van der Waals surface area contributed by atoms with E-state index in [4.69, 9.17) is 9.47 Å². The summed E-state index contributed by atoms with van der Waals surface area (Å²) >= 11 is 0. The summed E-state index contributed by atoms with van der Waals surface area (Å²) < 4.78 is 10.5. The van der Waals surface area contributed by atoms with E-state index >= 15 is 0 Å². The Hall–Kier alpha value is -3.54. The number of hydrogen-bond donors (Lipinski definition) is 2. The topological polar surface area (TPSA) is 80.2 Å². The summed E-state index contributed by atoms with van der Waals surface area (Å²) in [5, 5.41) is 15.8. The zero-order chi connectivity index (χ0) is 18.5. The van der Waals surface area contributed by atoms with Gasteiger partial charge in [0.2, 0.25) is 0 Å². The van der Waals surface area contributed by atoms with E-state index in [0.717, 1.165) is 10.8 Å². The standard InChI is InChI=1S/C20H18N2O4/c1-25-18-9-5-8-15(19(18)26-2)12-21-22-20(24)16-10-13-6-3-4-7-14(13)11-17(16)23/h3-12,23H,1-2H3,(H,22,24)/b21-12+. The number of carbonyl (C=O) groups is 1. The normalized spacial score (nSPS) is 10.8. The summed E-state index contributed by atoms with van der Waals surface area (Å²) in [7, 11) is 3.07. The van der Waals surface area contributed by atoms with E-state index < -0.39 is 5.91 Å². The van der Waals surface area contributed by atoms with Gasteiger partial charge in [-0.3, -0.25) is 4.79 Å². The van der Waals surface area contributed by atoms with Crippen LogP contribution in [0.4, 0.5) is 0 Å². The van der Waals surface area contributed by atoms with Crippen molar-refractivity contribution in [1.82, 2.24) is 5.43 Å². The second kappa shape index (κ2) is 7.57. The van der Waals surface area contributed by atoms with Crippen LogP contribution in [0.1, 0.15) is 15.9 Å². The van der Waals surface area contributed by atoms with E-state index in [-0.39, 0.29) is 11.3 Å². The number of phenolic OH excluding ortho intramolecular Hbond substituents is 1. The lowest BCUT2D eigenvalue weighted by atomic mass is 10.1. The average molecular weight is 350 g/mol. The minimum absolute atomic E-state index is 0.102. The van der Waals surface area contributed by atoms with Gasteiger partial charge in [0.05, 0.1) is 26.0 Å². The molecule has 0 spiro atoms. The minimum atomic E-state index is -0.508. The molecule has 6 heteroatoms. The predicted octanol–water partition coefficient (Wildman–Crippen LogP) is 3.33. The molecular weight excluding hydrogens is 332 g/mol. The number of rotatable bonds is 5. The first kappa shape index (κ1) is 17.3. The lowest BCUT2D eigenvalue weighted by molar-refractivity contribution is 0.0952. The molecule has 1 amide bonds. The highest BCUT2D eigenvalue weighted by Crippen LogP contribution is 2.29. The third-order valence-electron chi connectivity index (χ3n) is 3.91. The van der Waals surface area contributed by atoms with Crippen LogP contribution in [0.5, 0.6) is 17.2 Å². The smallest absolute Gasteiger partial charge is 0.275 e. The van der Waals surface area contributed by atoms with Crippen molar-refractivity contribution < 1.29 is 19.4 Å². The number of nitrogens with zero attached hydrogens (tertiary/aromatic N) is 1. The molecule has 0 unspecified atom stereocenters. The van der Waals surface area contributed by atoms with E-state index in [2.05, 4.69) is 10.5 Å². The van der Waals surface area contributed by atoms with Crippen LogP contribution in [0.3, 0.4) is 0 Å². The van der Waals surface area contributed by atoms with Gasteiger partial charge in [-0.05, 0) is 35.0 Å². The molecule has 2 N–H and O–H groups in total. The summed E-state index contributed by atoms with van der Waals surface area (Å²) in [6, 6.07) is 16.0. The molecule has 0 aromatic heterocycles. The monoisotopic (exact) mass is 350 g/mol. The Kier molecular flexibility index (Phi) is 5.03. The summed E-state index contributed by atoms with van der Waals surface area (Å²) in [4.78, 5) is 12.3. The Morgan fingerprint density at radius 3 is 2.46 bits per heavy atom. The highest BCUT2D eigenvalue weighted by atomic mass is 16.5. The second-order valence-corrected chi connectivity index (χ2v) is 5.50. The number of fused-ring (bicyclic) bond motifs is 1. The van der Waals surface area contributed by atoms with Gasteiger partial charge < -0.3 is 14.6 Å². The van der Waals surface area contributed by atoms with Gasteiger partial charge in [0, 0.05) is 5.56 Å². The molecule has 0 aliphatic carbocycles. The molecule has 0 bridgehead atoms. The number of hydrogen-bond acceptors (Lipinski definition) is 5. The maximum atomic E-state index is 12.3. The SMILES string of the molecule is COc1cccc(/C=N/NC(=O)c2cc3ccccc3cc2O)c1OC. The molecule has 0 fully saturated rings. The lowest BCUT2D eigenvalue weighted by Crippen LogP contribution is -2.17. The molecule has 0 saturated carbocycles. The fraction of sp³-hybridized carbons (Fsp3) is 0.100. The zero-order valence-corrected chi connectivity index (χ0v) is 14.4. The summed E-state index contributed by atoms with van der Waals surface area (Å²) in [5.41, 5.74) is 3.22. The number of amides is 1. The molecule has 0 atom stereocenters. The number of nitrogens with one attached hydrogen (secondary N) is 1. The van der Waals surface area contributed by atoms with Gasteiger partial charge in [-0.25, -0.2) is 5.43 Å². The Labute approximate surface area is 150 Å². The van der Waals surface area contributed by atoms with Gasteiger partial charge in [-0.2, -0.15) is 5.10 Å². The van der Waals surface area contributed by atoms with Crippen molar-refractivity contribution in [1.29, 1.82) is 0 Å². The number of benzene rings is 3. The molecule has 26 heavy (non-hydrogen) atoms. The van der Waals surface area contributed by atoms with Crippen LogP contribution in [-0.2, 0) is 0 Å². The molecular formula is C20H18N2O4. The Morgan fingerprint density at radius 2 is 1.77 bits per heavy atom. The van der Waals surface area contributed by atoms with Crippen LogP contribution in [0.15, 0.2) is 59.7 Å². The predicted molar refractivity (Wildman–Crippen MR) is 100 cm³/mol. The first-order valence-electron chi connectivity index (χ1n) is 7.90. The van der Waals surface area contributed by atoms with E-state index in [1.54, 1.807) is 37.4 Å². The number of phenols is 1. The van der Waals surface area contributed by atoms with Crippen LogP contribution >= 0.6 is 0 Å². The molecule has 132 valence electrons. The number of hydrazone groups is 1. The third kappa shape index (κ3) is 3.44. The van der Waals surface area contributed by atoms with Crippen LogP contribution in [0.2, 0.25) is 0 Å². The Morgan fingerprint density at radius 1 is 1.04 bits per heavy atom. The Bertz CT molecular complexity index is 983. The van der Waals surface area contributed by atoms with Crippen molar-refractivity contribution in [2.75, 3.05) is 14.2 Å². The van der Waals surface area contributed by atoms with Crippen molar-refractivity contribution in [3.63, 3.8) is 0 Å². The fourth-order valence-corrected chi connectivity index (χ4v) is 2.64. The molecule has 0 heterocycles. The molecule has 3 aromatic rings. The molecule has 6 nitrogen and oxygen atoms in total. The molecule has 0 radical (unpaired) electrons. The first-order chi connectivity index (χ1) is 12.6. The first-order valence-corrected chi connectivity index (χ1v) is 7.90. The van der Waals surface area contributed by atoms with Crippen molar-refractivity contribution in [3.8, 4) is 17.2 Å². The number of carbonyl (C=O) groups excluding carboxylic acids is 1. The van der Waals surface area contributed by atoms with Crippen LogP contribution in [0, 0.1) is 0 Å². The maximum absolute atomic E-state index is 12.3. The van der Waals surface area contributed by atoms with Crippen molar-refractivity contribution >= 4 is 22.9 Å². The second-order valence-electron chi connectivity index (χ2n) is 5.50. The van der Waals surface area contributed by atoms with Crippen molar-refractivity contribution in [2.45, 2.75) is 0 Å². The third-order valence-corrected chi connectivity index (χ3v) is 3.91. The van der Waals surface area contributed by atoms with Crippen LogP contribution in [0.25, 0.3) is 10.8 Å². The van der Waals surface area contributed by atoms with Gasteiger partial charge in [0.25, 0.3) is 5.91 Å². The number of para-hydroxylation sites is 1. The van der Waals surface area contributed by atoms with Gasteiger partial charge in [-0.1, -0.05) is 30.3 Å². The molecule has 3 aromatic carbocycles.